The predicted octanol–water partition coefficient (Wildman–Crippen LogP) is 3.09. The van der Waals surface area contributed by atoms with Crippen LogP contribution in [0, 0.1) is 0 Å². The molecule has 1 unspecified atom stereocenters. The molecule has 100 valence electrons. The van der Waals surface area contributed by atoms with Gasteiger partial charge in [0, 0.05) is 24.2 Å². The number of hydrogen-bond donors (Lipinski definition) is 0. The number of methoxy groups -OCH3 is 1. The number of carbonyl (C=O) groups excluding carboxylic acids is 1. The summed E-state index contributed by atoms with van der Waals surface area (Å²) in [5, 5.41) is 5.13. The largest absolute Gasteiger partial charge is 0.384 e. The van der Waals surface area contributed by atoms with Crippen molar-refractivity contribution in [3.63, 3.8) is 0 Å². The van der Waals surface area contributed by atoms with Crippen LogP contribution in [0.4, 0.5) is 0 Å². The maximum Gasteiger partial charge on any atom is 0.153 e. The average Bonchev–Trinajstić information content (AvgIpc) is 2.84. The number of rotatable bonds is 5. The lowest BCUT2D eigenvalue weighted by atomic mass is 10.1. The highest BCUT2D eigenvalue weighted by Crippen LogP contribution is 2.20. The molecule has 19 heavy (non-hydrogen) atoms. The minimum absolute atomic E-state index is 0.0683. The molecule has 0 saturated heterocycles. The van der Waals surface area contributed by atoms with Crippen molar-refractivity contribution in [2.45, 2.75) is 12.8 Å². The van der Waals surface area contributed by atoms with Crippen LogP contribution in [-0.2, 0) is 4.74 Å². The fourth-order valence-corrected chi connectivity index (χ4v) is 2.06. The Morgan fingerprint density at radius 2 is 2.11 bits per heavy atom. The Balaban J connectivity index is 2.38. The molecule has 0 amide bonds. The number of hydrogen-bond acceptors (Lipinski definition) is 3. The molecule has 1 aromatic carbocycles. The van der Waals surface area contributed by atoms with Gasteiger partial charge in [-0.05, 0) is 24.3 Å². The van der Waals surface area contributed by atoms with Crippen molar-refractivity contribution in [3.05, 3.63) is 46.7 Å². The number of carbonyl (C=O) groups is 1. The summed E-state index contributed by atoms with van der Waals surface area (Å²) in [6.45, 7) is 2.50. The van der Waals surface area contributed by atoms with Crippen molar-refractivity contribution >= 4 is 17.9 Å². The first kappa shape index (κ1) is 13.8. The first-order valence-corrected chi connectivity index (χ1v) is 6.33. The van der Waals surface area contributed by atoms with Crippen LogP contribution in [0.1, 0.15) is 28.9 Å². The number of aromatic nitrogens is 2. The minimum atomic E-state index is 0.0683. The molecule has 0 aliphatic rings. The highest BCUT2D eigenvalue weighted by Gasteiger charge is 2.15. The molecule has 0 aliphatic carbocycles. The third kappa shape index (κ3) is 3.03. The molecule has 0 spiro atoms. The van der Waals surface area contributed by atoms with Gasteiger partial charge < -0.3 is 4.74 Å². The Hall–Kier alpha value is -1.65. The lowest BCUT2D eigenvalue weighted by Crippen LogP contribution is -2.05. The minimum Gasteiger partial charge on any atom is -0.384 e. The molecule has 2 aromatic rings. The monoisotopic (exact) mass is 278 g/mol. The van der Waals surface area contributed by atoms with Gasteiger partial charge in [0.15, 0.2) is 6.29 Å². The van der Waals surface area contributed by atoms with Gasteiger partial charge in [-0.3, -0.25) is 4.79 Å². The van der Waals surface area contributed by atoms with Crippen LogP contribution in [0.15, 0.2) is 30.5 Å². The lowest BCUT2D eigenvalue weighted by Gasteiger charge is -2.07. The van der Waals surface area contributed by atoms with Gasteiger partial charge in [0.1, 0.15) is 0 Å². The third-order valence-electron chi connectivity index (χ3n) is 2.87. The van der Waals surface area contributed by atoms with E-state index < -0.39 is 0 Å². The summed E-state index contributed by atoms with van der Waals surface area (Å²) in [4.78, 5) is 11.1. The highest BCUT2D eigenvalue weighted by atomic mass is 35.5. The van der Waals surface area contributed by atoms with E-state index in [-0.39, 0.29) is 5.92 Å². The Morgan fingerprint density at radius 1 is 1.42 bits per heavy atom. The van der Waals surface area contributed by atoms with Gasteiger partial charge in [-0.25, -0.2) is 4.68 Å². The number of benzene rings is 1. The van der Waals surface area contributed by atoms with E-state index in [1.165, 1.54) is 0 Å². The van der Waals surface area contributed by atoms with Crippen LogP contribution in [-0.4, -0.2) is 29.8 Å². The molecule has 4 nitrogen and oxygen atoms in total. The smallest absolute Gasteiger partial charge is 0.153 e. The van der Waals surface area contributed by atoms with Crippen LogP contribution in [0.3, 0.4) is 0 Å². The molecule has 5 heteroatoms. The molecule has 0 fully saturated rings. The zero-order valence-electron chi connectivity index (χ0n) is 10.8. The second kappa shape index (κ2) is 5.99. The number of ether oxygens (including phenoxy) is 1. The summed E-state index contributed by atoms with van der Waals surface area (Å²) in [5.41, 5.74) is 2.19. The van der Waals surface area contributed by atoms with E-state index in [1.54, 1.807) is 30.1 Å². The standard InChI is InChI=1S/C14H15ClN2O2/c1-10(9-19-2)14-11(8-18)7-17(16-14)13-5-3-12(15)4-6-13/h3-8,10H,9H2,1-2H3. The number of halogens is 1. The van der Waals surface area contributed by atoms with Crippen LogP contribution >= 0.6 is 11.6 Å². The van der Waals surface area contributed by atoms with Gasteiger partial charge >= 0.3 is 0 Å². The third-order valence-corrected chi connectivity index (χ3v) is 3.13. The molecular formula is C14H15ClN2O2. The van der Waals surface area contributed by atoms with Crippen LogP contribution in [0.25, 0.3) is 5.69 Å². The second-order valence-corrected chi connectivity index (χ2v) is 4.80. The Bertz CT molecular complexity index is 563. The molecule has 2 rings (SSSR count). The fourth-order valence-electron chi connectivity index (χ4n) is 1.93. The van der Waals surface area contributed by atoms with E-state index in [4.69, 9.17) is 16.3 Å². The Kier molecular flexibility index (Phi) is 4.35. The number of nitrogens with zero attached hydrogens (tertiary/aromatic N) is 2. The van der Waals surface area contributed by atoms with Crippen molar-refractivity contribution in [2.24, 2.45) is 0 Å². The first-order valence-electron chi connectivity index (χ1n) is 5.95. The maximum absolute atomic E-state index is 11.1. The highest BCUT2D eigenvalue weighted by molar-refractivity contribution is 6.30. The van der Waals surface area contributed by atoms with Crippen LogP contribution in [0.5, 0.6) is 0 Å². The zero-order chi connectivity index (χ0) is 13.8. The van der Waals surface area contributed by atoms with Gasteiger partial charge in [-0.1, -0.05) is 18.5 Å². The van der Waals surface area contributed by atoms with Gasteiger partial charge in [0.25, 0.3) is 0 Å². The molecule has 1 heterocycles. The molecular weight excluding hydrogens is 264 g/mol. The van der Waals surface area contributed by atoms with E-state index >= 15 is 0 Å². The topological polar surface area (TPSA) is 44.1 Å². The summed E-state index contributed by atoms with van der Waals surface area (Å²) in [6, 6.07) is 7.29. The van der Waals surface area contributed by atoms with Gasteiger partial charge in [-0.15, -0.1) is 0 Å². The summed E-state index contributed by atoms with van der Waals surface area (Å²) >= 11 is 5.85. The van der Waals surface area contributed by atoms with E-state index in [0.29, 0.717) is 17.2 Å². The van der Waals surface area contributed by atoms with Crippen LogP contribution < -0.4 is 0 Å². The van der Waals surface area contributed by atoms with Crippen molar-refractivity contribution in [3.8, 4) is 5.69 Å². The summed E-state index contributed by atoms with van der Waals surface area (Å²) < 4.78 is 6.79. The van der Waals surface area contributed by atoms with Gasteiger partial charge in [0.05, 0.1) is 23.6 Å². The summed E-state index contributed by atoms with van der Waals surface area (Å²) in [5.74, 6) is 0.0683. The van der Waals surface area contributed by atoms with E-state index in [0.717, 1.165) is 17.7 Å². The SMILES string of the molecule is COCC(C)c1nn(-c2ccc(Cl)cc2)cc1C=O. The average molecular weight is 279 g/mol. The molecule has 0 N–H and O–H groups in total. The Morgan fingerprint density at radius 3 is 2.68 bits per heavy atom. The van der Waals surface area contributed by atoms with E-state index in [9.17, 15) is 4.79 Å². The molecule has 0 radical (unpaired) electrons. The Labute approximate surface area is 116 Å². The quantitative estimate of drug-likeness (QED) is 0.790. The molecule has 1 aromatic heterocycles. The van der Waals surface area contributed by atoms with Gasteiger partial charge in [0.2, 0.25) is 0 Å². The van der Waals surface area contributed by atoms with Crippen molar-refractivity contribution in [2.75, 3.05) is 13.7 Å². The second-order valence-electron chi connectivity index (χ2n) is 4.36. The predicted molar refractivity (Wildman–Crippen MR) is 74.3 cm³/mol. The molecule has 0 bridgehead atoms. The van der Waals surface area contributed by atoms with E-state index in [1.807, 2.05) is 19.1 Å². The van der Waals surface area contributed by atoms with Crippen molar-refractivity contribution in [1.29, 1.82) is 0 Å². The summed E-state index contributed by atoms with van der Waals surface area (Å²) in [7, 11) is 1.63. The van der Waals surface area contributed by atoms with Crippen molar-refractivity contribution in [1.82, 2.24) is 9.78 Å². The number of aldehydes is 1. The van der Waals surface area contributed by atoms with E-state index in [2.05, 4.69) is 5.10 Å². The molecule has 0 aliphatic heterocycles. The normalized spacial score (nSPS) is 12.4. The first-order chi connectivity index (χ1) is 9.15. The van der Waals surface area contributed by atoms with Crippen LogP contribution in [0.2, 0.25) is 5.02 Å². The fraction of sp³-hybridized carbons (Fsp3) is 0.286. The molecule has 1 atom stereocenters. The van der Waals surface area contributed by atoms with Crippen molar-refractivity contribution < 1.29 is 9.53 Å². The van der Waals surface area contributed by atoms with Gasteiger partial charge in [-0.2, -0.15) is 5.10 Å². The zero-order valence-corrected chi connectivity index (χ0v) is 11.6. The summed E-state index contributed by atoms with van der Waals surface area (Å²) in [6.07, 6.45) is 2.54. The maximum atomic E-state index is 11.1. The lowest BCUT2D eigenvalue weighted by molar-refractivity contribution is 0.112. The molecule has 0 saturated carbocycles.